The van der Waals surface area contributed by atoms with Gasteiger partial charge in [-0.3, -0.25) is 0 Å². The van der Waals surface area contributed by atoms with Crippen LogP contribution in [0.3, 0.4) is 0 Å². The maximum Gasteiger partial charge on any atom is 0 e. The normalized spacial score (nSPS) is 0. The first-order valence-electron chi connectivity index (χ1n) is 0. The molecule has 0 aliphatic carbocycles. The summed E-state index contributed by atoms with van der Waals surface area (Å²) in [5.74, 6) is 0. The van der Waals surface area contributed by atoms with Crippen LogP contribution in [-0.4, -0.2) is 16.4 Å². The summed E-state index contributed by atoms with van der Waals surface area (Å²) in [6.07, 6.45) is 0. The van der Waals surface area contributed by atoms with Crippen LogP contribution in [0.2, 0.25) is 0 Å². The molecule has 3 N–H and O–H groups in total. The van der Waals surface area contributed by atoms with Crippen LogP contribution in [0.1, 0.15) is 0 Å². The van der Waals surface area contributed by atoms with E-state index < -0.39 is 0 Å². The molecule has 0 fully saturated rings. The zero-order valence-electron chi connectivity index (χ0n) is 1.79. The molecule has 3 nitrogen and oxygen atoms in total. The van der Waals surface area contributed by atoms with Crippen molar-refractivity contribution in [3.63, 3.8) is 0 Å². The second-order valence-corrected chi connectivity index (χ2v) is 0. The van der Waals surface area contributed by atoms with E-state index in [1.165, 1.54) is 0 Å². The first kappa shape index (κ1) is 248. The maximum absolute atomic E-state index is 0. The van der Waals surface area contributed by atoms with Crippen molar-refractivity contribution < 1.29 is 35.0 Å². The molecule has 0 heterocycles. The van der Waals surface area contributed by atoms with Crippen molar-refractivity contribution in [2.75, 3.05) is 0 Å². The van der Waals surface area contributed by atoms with Gasteiger partial charge in [-0.05, 0) is 0 Å². The smallest absolute Gasteiger partial charge is 0 e. The van der Waals surface area contributed by atoms with Gasteiger partial charge in [-0.25, -0.2) is 0 Å². The van der Waals surface area contributed by atoms with Gasteiger partial charge in [0.1, 0.15) is 0 Å². The molecule has 1 radical (unpaired) electrons. The molecule has 0 bridgehead atoms. The second-order valence-electron chi connectivity index (χ2n) is 0. The van der Waals surface area contributed by atoms with Crippen molar-refractivity contribution in [2.45, 2.75) is 0 Å². The minimum Gasteiger partial charge on any atom is -0.870 e. The van der Waals surface area contributed by atoms with Crippen LogP contribution in [0.25, 0.3) is 0 Å². The Kier molecular flexibility index (Phi) is 6060. The molecule has 0 aromatic carbocycles. The minimum atomic E-state index is 0. The molecule has 0 unspecified atom stereocenters. The third-order valence-corrected chi connectivity index (χ3v) is 0. The molecule has 0 saturated heterocycles. The third kappa shape index (κ3) is 24.5. The molecule has 0 amide bonds. The molecule has 0 saturated carbocycles. The fourth-order valence-corrected chi connectivity index (χ4v) is 0. The van der Waals surface area contributed by atoms with Crippen LogP contribution >= 0.6 is 0 Å². The zero-order chi connectivity index (χ0) is 0. The largest absolute Gasteiger partial charge is 0.870 e. The summed E-state index contributed by atoms with van der Waals surface area (Å²) >= 11 is 0. The summed E-state index contributed by atoms with van der Waals surface area (Å²) in [7, 11) is 0. The zero-order valence-corrected chi connectivity index (χ0v) is 3.19. The molecule has 4 heavy (non-hydrogen) atoms. The van der Waals surface area contributed by atoms with E-state index in [1.807, 2.05) is 0 Å². The molecule has 0 aromatic rings. The fourth-order valence-electron chi connectivity index (χ4n) is 0. The van der Waals surface area contributed by atoms with Crippen LogP contribution < -0.4 is 0 Å². The summed E-state index contributed by atoms with van der Waals surface area (Å²) in [6, 6.07) is 0. The quantitative estimate of drug-likeness (QED) is 0.411. The van der Waals surface area contributed by atoms with Crippen LogP contribution in [0.5, 0.6) is 0 Å². The molecule has 0 aliphatic heterocycles. The number of hydrogen-bond acceptors (Lipinski definition) is 3. The van der Waals surface area contributed by atoms with E-state index in [0.717, 1.165) is 0 Å². The van der Waals surface area contributed by atoms with Gasteiger partial charge in [0.15, 0.2) is 0 Å². The van der Waals surface area contributed by atoms with E-state index in [0.29, 0.717) is 0 Å². The first-order valence-corrected chi connectivity index (χ1v) is 0. The summed E-state index contributed by atoms with van der Waals surface area (Å²) in [6.45, 7) is 0. The SMILES string of the molecule is [OH-].[OH-].[OH-].[V]. The summed E-state index contributed by atoms with van der Waals surface area (Å²) in [5, 5.41) is 0. The van der Waals surface area contributed by atoms with Crippen molar-refractivity contribution in [3.05, 3.63) is 0 Å². The monoisotopic (exact) mass is 102 g/mol. The predicted molar refractivity (Wildman–Crippen MR) is 5.81 cm³/mol. The molecule has 4 heteroatoms. The number of hydrogen-bond donors (Lipinski definition) is 0. The molecule has 0 aromatic heterocycles. The van der Waals surface area contributed by atoms with Crippen LogP contribution in [-0.2, 0) is 18.6 Å². The van der Waals surface area contributed by atoms with E-state index in [9.17, 15) is 0 Å². The van der Waals surface area contributed by atoms with Crippen molar-refractivity contribution in [2.24, 2.45) is 0 Å². The van der Waals surface area contributed by atoms with Gasteiger partial charge in [0.05, 0.1) is 0 Å². The van der Waals surface area contributed by atoms with E-state index in [4.69, 9.17) is 0 Å². The van der Waals surface area contributed by atoms with Gasteiger partial charge < -0.3 is 16.4 Å². The van der Waals surface area contributed by atoms with E-state index in [-0.39, 0.29) is 35.0 Å². The second kappa shape index (κ2) is 97.6. The van der Waals surface area contributed by atoms with Crippen LogP contribution in [0.15, 0.2) is 0 Å². The Labute approximate surface area is 35.8 Å². The van der Waals surface area contributed by atoms with Gasteiger partial charge in [0, 0.05) is 18.6 Å². The van der Waals surface area contributed by atoms with Crippen LogP contribution in [0, 0.1) is 0 Å². The van der Waals surface area contributed by atoms with Crippen molar-refractivity contribution in [1.82, 2.24) is 0 Å². The van der Waals surface area contributed by atoms with Crippen molar-refractivity contribution in [3.8, 4) is 0 Å². The molecular weight excluding hydrogens is 98.9 g/mol. The Morgan fingerprint density at radius 3 is 0.500 bits per heavy atom. The first-order chi connectivity index (χ1) is 0. The van der Waals surface area contributed by atoms with E-state index in [2.05, 4.69) is 0 Å². The molecule has 0 spiro atoms. The molecule has 0 aliphatic rings. The van der Waals surface area contributed by atoms with Gasteiger partial charge in [-0.15, -0.1) is 0 Å². The Morgan fingerprint density at radius 2 is 0.500 bits per heavy atom. The van der Waals surface area contributed by atoms with Crippen LogP contribution in [0.4, 0.5) is 0 Å². The molecule has 0 atom stereocenters. The molecular formula is H3O3V-3. The third-order valence-electron chi connectivity index (χ3n) is 0. The average Bonchev–Trinajstić information content (AvgIpc) is 0. The fraction of sp³-hybridized carbons (Fsp3) is 0. The summed E-state index contributed by atoms with van der Waals surface area (Å²) in [4.78, 5) is 0. The van der Waals surface area contributed by atoms with E-state index >= 15 is 0 Å². The summed E-state index contributed by atoms with van der Waals surface area (Å²) < 4.78 is 0. The van der Waals surface area contributed by atoms with Gasteiger partial charge >= 0.3 is 0 Å². The van der Waals surface area contributed by atoms with Gasteiger partial charge in [-0.1, -0.05) is 0 Å². The van der Waals surface area contributed by atoms with E-state index in [1.54, 1.807) is 0 Å². The van der Waals surface area contributed by atoms with Gasteiger partial charge in [-0.2, -0.15) is 0 Å². The Balaban J connectivity index is 0. The standard InChI is InChI=1S/3H2O.V/h3*1H2;/p-3. The van der Waals surface area contributed by atoms with Crippen molar-refractivity contribution >= 4 is 0 Å². The predicted octanol–water partition coefficient (Wildman–Crippen LogP) is -0.533. The minimum absolute atomic E-state index is 0. The number of rotatable bonds is 0. The molecule has 29 valence electrons. The topological polar surface area (TPSA) is 90.0 Å². The Morgan fingerprint density at radius 1 is 0.500 bits per heavy atom. The van der Waals surface area contributed by atoms with Gasteiger partial charge in [0.25, 0.3) is 0 Å². The van der Waals surface area contributed by atoms with Gasteiger partial charge in [0.2, 0.25) is 0 Å². The average molecular weight is 102 g/mol. The van der Waals surface area contributed by atoms with Crippen molar-refractivity contribution in [1.29, 1.82) is 0 Å². The molecule has 0 rings (SSSR count). The Bertz CT molecular complexity index is 3.25. The maximum atomic E-state index is 0. The summed E-state index contributed by atoms with van der Waals surface area (Å²) in [5.41, 5.74) is 0. The Hall–Kier alpha value is 0.464.